The number of imidazole rings is 1. The highest BCUT2D eigenvalue weighted by atomic mass is 16.6. The van der Waals surface area contributed by atoms with Gasteiger partial charge in [0.1, 0.15) is 17.7 Å². The van der Waals surface area contributed by atoms with Crippen LogP contribution in [-0.4, -0.2) is 60.5 Å². The predicted octanol–water partition coefficient (Wildman–Crippen LogP) is 0.148. The van der Waals surface area contributed by atoms with Crippen LogP contribution in [0.5, 0.6) is 0 Å². The van der Waals surface area contributed by atoms with E-state index in [1.54, 1.807) is 6.92 Å². The lowest BCUT2D eigenvalue weighted by molar-refractivity contribution is -0.137. The van der Waals surface area contributed by atoms with E-state index in [-0.39, 0.29) is 17.3 Å². The third-order valence-corrected chi connectivity index (χ3v) is 5.15. The number of hydrogen-bond acceptors (Lipinski definition) is 8. The third-order valence-electron chi connectivity index (χ3n) is 5.15. The van der Waals surface area contributed by atoms with Crippen LogP contribution in [0.1, 0.15) is 31.0 Å². The first-order chi connectivity index (χ1) is 15.5. The molecule has 1 fully saturated rings. The molecule has 0 unspecified atom stereocenters. The van der Waals surface area contributed by atoms with Crippen molar-refractivity contribution in [3.8, 4) is 11.8 Å². The van der Waals surface area contributed by atoms with Gasteiger partial charge in [0.05, 0.1) is 6.33 Å². The number of anilines is 1. The number of aryl methyl sites for hydroxylation is 1. The van der Waals surface area contributed by atoms with Gasteiger partial charge in [-0.1, -0.05) is 36.3 Å². The van der Waals surface area contributed by atoms with Crippen LogP contribution in [0.25, 0.3) is 11.2 Å². The number of nitrogens with zero attached hydrogens (tertiary/aromatic N) is 4. The quantitative estimate of drug-likeness (QED) is 0.413. The zero-order valence-corrected chi connectivity index (χ0v) is 17.5. The largest absolute Gasteiger partial charge is 0.387 e. The number of aliphatic hydroxyl groups excluding tert-OH is 2. The summed E-state index contributed by atoms with van der Waals surface area (Å²) in [5.74, 6) is 5.78. The average Bonchev–Trinajstić information content (AvgIpc) is 3.34. The Kier molecular flexibility index (Phi) is 6.32. The van der Waals surface area contributed by atoms with Crippen LogP contribution in [0.15, 0.2) is 36.7 Å². The Bertz CT molecular complexity index is 1170. The Balaban J connectivity index is 1.57. The number of benzene rings is 1. The molecule has 1 amide bonds. The number of aromatic nitrogens is 4. The second kappa shape index (κ2) is 9.32. The summed E-state index contributed by atoms with van der Waals surface area (Å²) in [4.78, 5) is 24.9. The highest BCUT2D eigenvalue weighted by Crippen LogP contribution is 2.32. The highest BCUT2D eigenvalue weighted by Gasteiger charge is 2.47. The van der Waals surface area contributed by atoms with Crippen LogP contribution < -0.4 is 11.1 Å². The van der Waals surface area contributed by atoms with E-state index in [9.17, 15) is 15.0 Å². The number of fused-ring (bicyclic) bond motifs is 1. The number of amides is 1. The molecule has 10 heteroatoms. The van der Waals surface area contributed by atoms with E-state index in [0.29, 0.717) is 18.5 Å². The van der Waals surface area contributed by atoms with Gasteiger partial charge in [-0.05, 0) is 24.8 Å². The second-order valence-electron chi connectivity index (χ2n) is 7.37. The van der Waals surface area contributed by atoms with E-state index < -0.39 is 30.4 Å². The van der Waals surface area contributed by atoms with Crippen molar-refractivity contribution in [3.63, 3.8) is 0 Å². The van der Waals surface area contributed by atoms with Crippen LogP contribution in [-0.2, 0) is 16.0 Å². The van der Waals surface area contributed by atoms with Gasteiger partial charge in [0, 0.05) is 13.0 Å². The molecule has 1 aromatic carbocycles. The zero-order chi connectivity index (χ0) is 22.7. The fourth-order valence-corrected chi connectivity index (χ4v) is 3.55. The lowest BCUT2D eigenvalue weighted by atomic mass is 10.1. The number of nitrogens with two attached hydrogens (primary N) is 1. The van der Waals surface area contributed by atoms with E-state index in [4.69, 9.17) is 10.5 Å². The number of ether oxygens (including phenoxy) is 1. The number of rotatable bonds is 5. The minimum atomic E-state index is -1.40. The van der Waals surface area contributed by atoms with Crippen LogP contribution in [0.2, 0.25) is 0 Å². The molecular weight excluding hydrogens is 412 g/mol. The first kappa shape index (κ1) is 21.7. The van der Waals surface area contributed by atoms with E-state index >= 15 is 0 Å². The van der Waals surface area contributed by atoms with Gasteiger partial charge >= 0.3 is 0 Å². The van der Waals surface area contributed by atoms with E-state index in [2.05, 4.69) is 32.1 Å². The number of carbonyl (C=O) groups excluding carboxylic acids is 1. The maximum atomic E-state index is 12.1. The van der Waals surface area contributed by atoms with Crippen molar-refractivity contribution < 1.29 is 19.7 Å². The summed E-state index contributed by atoms with van der Waals surface area (Å²) in [6.07, 6.45) is -2.26. The van der Waals surface area contributed by atoms with Crippen molar-refractivity contribution in [2.45, 2.75) is 44.3 Å². The van der Waals surface area contributed by atoms with Gasteiger partial charge in [-0.25, -0.2) is 15.0 Å². The van der Waals surface area contributed by atoms with E-state index in [1.165, 1.54) is 16.5 Å². The van der Waals surface area contributed by atoms with Gasteiger partial charge in [-0.3, -0.25) is 9.36 Å². The van der Waals surface area contributed by atoms with Crippen LogP contribution in [0.3, 0.4) is 0 Å². The van der Waals surface area contributed by atoms with Crippen LogP contribution in [0.4, 0.5) is 5.82 Å². The minimum absolute atomic E-state index is 0.134. The average molecular weight is 436 g/mol. The standard InChI is InChI=1S/C22H24N6O4/c1-2-24-21(31)18-16(29)17(30)22(32-18)28-12-25-15-19(23)26-14(27-20(15)28)11-7-6-10-13-8-4-3-5-9-13/h3-5,8-9,12,16-18,22,29-30H,2,6,10H2,1H3,(H,24,31)(H2,23,26,27)/t16-,17+,18-,22+/m0/s1. The smallest absolute Gasteiger partial charge is 0.252 e. The van der Waals surface area contributed by atoms with Gasteiger partial charge in [0.15, 0.2) is 23.8 Å². The van der Waals surface area contributed by atoms with E-state index in [1.807, 2.05) is 30.3 Å². The number of aliphatic hydroxyl groups is 2. The minimum Gasteiger partial charge on any atom is -0.387 e. The Labute approximate surface area is 184 Å². The van der Waals surface area contributed by atoms with Crippen molar-refractivity contribution in [3.05, 3.63) is 48.0 Å². The second-order valence-corrected chi connectivity index (χ2v) is 7.37. The molecule has 32 heavy (non-hydrogen) atoms. The van der Waals surface area contributed by atoms with Gasteiger partial charge in [-0.15, -0.1) is 0 Å². The molecule has 166 valence electrons. The Hall–Kier alpha value is -3.52. The van der Waals surface area contributed by atoms with Crippen LogP contribution in [0, 0.1) is 11.8 Å². The Morgan fingerprint density at radius 2 is 2.03 bits per heavy atom. The molecule has 10 nitrogen and oxygen atoms in total. The summed E-state index contributed by atoms with van der Waals surface area (Å²) in [5.41, 5.74) is 7.81. The molecular formula is C22H24N6O4. The molecule has 3 heterocycles. The highest BCUT2D eigenvalue weighted by molar-refractivity contribution is 5.83. The summed E-state index contributed by atoms with van der Waals surface area (Å²) in [5, 5.41) is 23.4. The maximum Gasteiger partial charge on any atom is 0.252 e. The molecule has 5 N–H and O–H groups in total. The van der Waals surface area contributed by atoms with Gasteiger partial charge in [-0.2, -0.15) is 0 Å². The lowest BCUT2D eigenvalue weighted by Crippen LogP contribution is -2.42. The van der Waals surface area contributed by atoms with Crippen molar-refractivity contribution in [1.82, 2.24) is 24.8 Å². The molecule has 1 aliphatic heterocycles. The molecule has 0 bridgehead atoms. The maximum absolute atomic E-state index is 12.1. The van der Waals surface area contributed by atoms with E-state index in [0.717, 1.165) is 6.42 Å². The molecule has 1 saturated heterocycles. The molecule has 3 aromatic rings. The lowest BCUT2D eigenvalue weighted by Gasteiger charge is -2.16. The molecule has 0 radical (unpaired) electrons. The Morgan fingerprint density at radius 3 is 2.78 bits per heavy atom. The molecule has 0 saturated carbocycles. The monoisotopic (exact) mass is 436 g/mol. The first-order valence-electron chi connectivity index (χ1n) is 10.3. The SMILES string of the molecule is CCNC(=O)[C@H]1O[C@@H](n2cnc3c(N)nc(C#CCCc4ccccc4)nc32)[C@H](O)[C@@H]1O. The molecule has 0 aliphatic carbocycles. The first-order valence-corrected chi connectivity index (χ1v) is 10.3. The normalized spacial score (nSPS) is 22.5. The van der Waals surface area contributed by atoms with Crippen LogP contribution >= 0.6 is 0 Å². The van der Waals surface area contributed by atoms with Crippen molar-refractivity contribution in [2.24, 2.45) is 0 Å². The molecule has 2 aromatic heterocycles. The zero-order valence-electron chi connectivity index (χ0n) is 17.5. The number of carbonyl (C=O) groups is 1. The number of nitrogen functional groups attached to an aromatic ring is 1. The fourth-order valence-electron chi connectivity index (χ4n) is 3.55. The van der Waals surface area contributed by atoms with Crippen molar-refractivity contribution in [2.75, 3.05) is 12.3 Å². The number of likely N-dealkylation sites (N-methyl/N-ethyl adjacent to an activating group) is 1. The van der Waals surface area contributed by atoms with Gasteiger partial charge in [0.2, 0.25) is 5.82 Å². The topological polar surface area (TPSA) is 148 Å². The van der Waals surface area contributed by atoms with Crippen molar-refractivity contribution in [1.29, 1.82) is 0 Å². The molecule has 0 spiro atoms. The van der Waals surface area contributed by atoms with Crippen molar-refractivity contribution >= 4 is 22.9 Å². The third kappa shape index (κ3) is 4.27. The number of hydrogen-bond donors (Lipinski definition) is 4. The Morgan fingerprint density at radius 1 is 1.25 bits per heavy atom. The summed E-state index contributed by atoms with van der Waals surface area (Å²) in [7, 11) is 0. The van der Waals surface area contributed by atoms with Gasteiger partial charge < -0.3 is 26.0 Å². The summed E-state index contributed by atoms with van der Waals surface area (Å²) >= 11 is 0. The number of nitrogens with one attached hydrogen (secondary N) is 1. The predicted molar refractivity (Wildman–Crippen MR) is 116 cm³/mol. The summed E-state index contributed by atoms with van der Waals surface area (Å²) in [6.45, 7) is 2.12. The molecule has 1 aliphatic rings. The fraction of sp³-hybridized carbons (Fsp3) is 0.364. The summed E-state index contributed by atoms with van der Waals surface area (Å²) in [6, 6.07) is 10.0. The van der Waals surface area contributed by atoms with Gasteiger partial charge in [0.25, 0.3) is 5.91 Å². The molecule has 4 rings (SSSR count). The molecule has 4 atom stereocenters. The summed E-state index contributed by atoms with van der Waals surface area (Å²) < 4.78 is 7.08.